The number of ether oxygens (including phenoxy) is 1. The average molecular weight is 299 g/mol. The van der Waals surface area contributed by atoms with Gasteiger partial charge in [0.05, 0.1) is 17.7 Å². The minimum absolute atomic E-state index is 0.348. The number of halogens is 1. The summed E-state index contributed by atoms with van der Waals surface area (Å²) in [7, 11) is 3.57. The quantitative estimate of drug-likeness (QED) is 0.794. The van der Waals surface area contributed by atoms with Crippen LogP contribution in [-0.4, -0.2) is 29.1 Å². The number of methoxy groups -OCH3 is 1. The van der Waals surface area contributed by atoms with Crippen LogP contribution in [0.5, 0.6) is 0 Å². The highest BCUT2D eigenvalue weighted by molar-refractivity contribution is 7.09. The minimum atomic E-state index is 0.348. The lowest BCUT2D eigenvalue weighted by atomic mass is 10.3. The molecule has 0 radical (unpaired) electrons. The van der Waals surface area contributed by atoms with Gasteiger partial charge in [-0.3, -0.25) is 0 Å². The van der Waals surface area contributed by atoms with Crippen LogP contribution in [0.15, 0.2) is 11.6 Å². The van der Waals surface area contributed by atoms with E-state index in [9.17, 15) is 0 Å². The average Bonchev–Trinajstić information content (AvgIpc) is 2.75. The molecule has 0 saturated heterocycles. The highest BCUT2D eigenvalue weighted by atomic mass is 35.5. The summed E-state index contributed by atoms with van der Waals surface area (Å²) in [5, 5.41) is 0.421. The minimum Gasteiger partial charge on any atom is -0.377 e. The zero-order valence-corrected chi connectivity index (χ0v) is 12.6. The van der Waals surface area contributed by atoms with Crippen LogP contribution in [-0.2, 0) is 17.9 Å². The van der Waals surface area contributed by atoms with E-state index in [0.29, 0.717) is 17.6 Å². The zero-order valence-electron chi connectivity index (χ0n) is 11.1. The monoisotopic (exact) mass is 298 g/mol. The van der Waals surface area contributed by atoms with Crippen LogP contribution >= 0.6 is 22.9 Å². The van der Waals surface area contributed by atoms with E-state index in [2.05, 4.69) is 15.0 Å². The van der Waals surface area contributed by atoms with Gasteiger partial charge in [0.15, 0.2) is 5.82 Å². The van der Waals surface area contributed by atoms with Gasteiger partial charge in [-0.25, -0.2) is 15.0 Å². The molecule has 0 amide bonds. The number of aromatic nitrogens is 3. The van der Waals surface area contributed by atoms with E-state index >= 15 is 0 Å². The van der Waals surface area contributed by atoms with Gasteiger partial charge in [0.1, 0.15) is 17.6 Å². The van der Waals surface area contributed by atoms with E-state index in [1.54, 1.807) is 24.5 Å². The molecule has 0 aromatic carbocycles. The molecular formula is C12H15ClN4OS. The predicted octanol–water partition coefficient (Wildman–Crippen LogP) is 2.68. The van der Waals surface area contributed by atoms with Gasteiger partial charge in [-0.15, -0.1) is 11.3 Å². The third kappa shape index (κ3) is 3.62. The van der Waals surface area contributed by atoms with Gasteiger partial charge in [-0.1, -0.05) is 11.6 Å². The lowest BCUT2D eigenvalue weighted by Crippen LogP contribution is -2.18. The molecule has 7 heteroatoms. The lowest BCUT2D eigenvalue weighted by Gasteiger charge is -2.18. The summed E-state index contributed by atoms with van der Waals surface area (Å²) in [5.74, 6) is 1.36. The van der Waals surface area contributed by atoms with Crippen molar-refractivity contribution in [3.05, 3.63) is 33.1 Å². The van der Waals surface area contributed by atoms with Gasteiger partial charge in [0, 0.05) is 25.1 Å². The normalized spacial score (nSPS) is 10.7. The standard InChI is InChI=1S/C12H15ClN4OS/c1-8-9(19-7-14-8)5-17(2)12-4-10(13)15-11(16-12)6-18-3/h4,7H,5-6H2,1-3H3. The molecule has 0 aliphatic rings. The molecule has 2 aromatic heterocycles. The summed E-state index contributed by atoms with van der Waals surface area (Å²) in [6, 6.07) is 1.75. The van der Waals surface area contributed by atoms with E-state index in [4.69, 9.17) is 16.3 Å². The second-order valence-electron chi connectivity index (χ2n) is 4.12. The molecule has 2 heterocycles. The first-order valence-electron chi connectivity index (χ1n) is 5.72. The molecule has 0 aliphatic heterocycles. The van der Waals surface area contributed by atoms with Crippen LogP contribution in [0.25, 0.3) is 0 Å². The van der Waals surface area contributed by atoms with Crippen molar-refractivity contribution in [3.8, 4) is 0 Å². The fourth-order valence-electron chi connectivity index (χ4n) is 1.62. The highest BCUT2D eigenvalue weighted by Crippen LogP contribution is 2.20. The fourth-order valence-corrected chi connectivity index (χ4v) is 2.64. The van der Waals surface area contributed by atoms with E-state index in [0.717, 1.165) is 18.1 Å². The number of nitrogens with zero attached hydrogens (tertiary/aromatic N) is 4. The van der Waals surface area contributed by atoms with Crippen LogP contribution in [0.2, 0.25) is 5.15 Å². The predicted molar refractivity (Wildman–Crippen MR) is 76.7 cm³/mol. The largest absolute Gasteiger partial charge is 0.377 e. The zero-order chi connectivity index (χ0) is 13.8. The molecule has 2 rings (SSSR count). The summed E-state index contributed by atoms with van der Waals surface area (Å²) in [6.45, 7) is 3.10. The second-order valence-corrected chi connectivity index (χ2v) is 5.44. The van der Waals surface area contributed by atoms with Crippen LogP contribution in [0.1, 0.15) is 16.4 Å². The first kappa shape index (κ1) is 14.2. The molecule has 0 N–H and O–H groups in total. The van der Waals surface area contributed by atoms with Gasteiger partial charge in [0.25, 0.3) is 0 Å². The first-order chi connectivity index (χ1) is 9.10. The van der Waals surface area contributed by atoms with Crippen molar-refractivity contribution >= 4 is 28.8 Å². The summed E-state index contributed by atoms with van der Waals surface area (Å²) >= 11 is 7.64. The SMILES string of the molecule is COCc1nc(Cl)cc(N(C)Cc2scnc2C)n1. The molecule has 0 unspecified atom stereocenters. The molecule has 102 valence electrons. The van der Waals surface area contributed by atoms with Gasteiger partial charge in [-0.2, -0.15) is 0 Å². The summed E-state index contributed by atoms with van der Waals surface area (Å²) in [4.78, 5) is 16.0. The summed E-state index contributed by atoms with van der Waals surface area (Å²) in [6.07, 6.45) is 0. The van der Waals surface area contributed by atoms with Crippen molar-refractivity contribution < 1.29 is 4.74 Å². The van der Waals surface area contributed by atoms with Crippen LogP contribution in [0.4, 0.5) is 5.82 Å². The lowest BCUT2D eigenvalue weighted by molar-refractivity contribution is 0.178. The van der Waals surface area contributed by atoms with E-state index in [-0.39, 0.29) is 0 Å². The Labute approximate surface area is 121 Å². The maximum Gasteiger partial charge on any atom is 0.158 e. The Bertz CT molecular complexity index is 560. The molecule has 0 atom stereocenters. The van der Waals surface area contributed by atoms with E-state index < -0.39 is 0 Å². The topological polar surface area (TPSA) is 51.1 Å². The molecule has 2 aromatic rings. The van der Waals surface area contributed by atoms with Crippen LogP contribution < -0.4 is 4.90 Å². The third-order valence-corrected chi connectivity index (χ3v) is 3.73. The van der Waals surface area contributed by atoms with Gasteiger partial charge in [-0.05, 0) is 6.92 Å². The van der Waals surface area contributed by atoms with Crippen molar-refractivity contribution in [2.24, 2.45) is 0 Å². The molecule has 19 heavy (non-hydrogen) atoms. The number of rotatable bonds is 5. The smallest absolute Gasteiger partial charge is 0.158 e. The number of hydrogen-bond donors (Lipinski definition) is 0. The van der Waals surface area contributed by atoms with Crippen LogP contribution in [0, 0.1) is 6.92 Å². The van der Waals surface area contributed by atoms with Gasteiger partial charge in [0.2, 0.25) is 0 Å². The molecule has 0 spiro atoms. The Hall–Kier alpha value is -1.24. The highest BCUT2D eigenvalue weighted by Gasteiger charge is 2.10. The van der Waals surface area contributed by atoms with Crippen molar-refractivity contribution in [1.29, 1.82) is 0 Å². The maximum absolute atomic E-state index is 6.00. The Balaban J connectivity index is 2.18. The van der Waals surface area contributed by atoms with E-state index in [1.807, 2.05) is 24.4 Å². The van der Waals surface area contributed by atoms with Crippen molar-refractivity contribution in [1.82, 2.24) is 15.0 Å². The van der Waals surface area contributed by atoms with Gasteiger partial charge >= 0.3 is 0 Å². The van der Waals surface area contributed by atoms with Crippen molar-refractivity contribution in [3.63, 3.8) is 0 Å². The second kappa shape index (κ2) is 6.27. The molecule has 0 aliphatic carbocycles. The van der Waals surface area contributed by atoms with E-state index in [1.165, 1.54) is 4.88 Å². The summed E-state index contributed by atoms with van der Waals surface area (Å²) < 4.78 is 5.03. The Kier molecular flexibility index (Phi) is 4.68. The van der Waals surface area contributed by atoms with Crippen molar-refractivity contribution in [2.45, 2.75) is 20.1 Å². The molecule has 0 bridgehead atoms. The van der Waals surface area contributed by atoms with Crippen molar-refractivity contribution in [2.75, 3.05) is 19.1 Å². The molecule has 0 saturated carbocycles. The number of aryl methyl sites for hydroxylation is 1. The molecular weight excluding hydrogens is 284 g/mol. The Morgan fingerprint density at radius 1 is 1.42 bits per heavy atom. The summed E-state index contributed by atoms with van der Waals surface area (Å²) in [5.41, 5.74) is 2.90. The molecule has 0 fully saturated rings. The van der Waals surface area contributed by atoms with Gasteiger partial charge < -0.3 is 9.64 Å². The number of hydrogen-bond acceptors (Lipinski definition) is 6. The Morgan fingerprint density at radius 2 is 2.21 bits per heavy atom. The fraction of sp³-hybridized carbons (Fsp3) is 0.417. The number of anilines is 1. The molecule has 5 nitrogen and oxygen atoms in total. The van der Waals surface area contributed by atoms with Crippen LogP contribution in [0.3, 0.4) is 0 Å². The third-order valence-electron chi connectivity index (χ3n) is 2.62. The maximum atomic E-state index is 6.00. The Morgan fingerprint density at radius 3 is 2.84 bits per heavy atom. The first-order valence-corrected chi connectivity index (χ1v) is 6.98. The number of thiazole rings is 1.